The number of nitrogens with zero attached hydrogens (tertiary/aromatic N) is 3. The fourth-order valence-electron chi connectivity index (χ4n) is 3.35. The second-order valence-corrected chi connectivity index (χ2v) is 10.4. The molecule has 1 aromatic heterocycles. The van der Waals surface area contributed by atoms with Crippen LogP contribution in [0, 0.1) is 0 Å². The van der Waals surface area contributed by atoms with Gasteiger partial charge in [-0.1, -0.05) is 11.3 Å². The Balaban J connectivity index is 1.85. The first kappa shape index (κ1) is 25.8. The molecule has 2 aromatic rings. The van der Waals surface area contributed by atoms with Gasteiger partial charge in [-0.3, -0.25) is 14.4 Å². The lowest BCUT2D eigenvalue weighted by Crippen LogP contribution is -2.43. The molecule has 2 amide bonds. The van der Waals surface area contributed by atoms with Crippen LogP contribution in [0.15, 0.2) is 23.2 Å². The summed E-state index contributed by atoms with van der Waals surface area (Å²) in [5, 5.41) is 0. The lowest BCUT2D eigenvalue weighted by molar-refractivity contribution is -0.143. The van der Waals surface area contributed by atoms with Crippen molar-refractivity contribution in [3.8, 4) is 5.75 Å². The molecule has 1 aliphatic heterocycles. The van der Waals surface area contributed by atoms with Crippen LogP contribution < -0.4 is 9.54 Å². The molecule has 0 aliphatic carbocycles. The Kier molecular flexibility index (Phi) is 8.80. The molecule has 1 aromatic carbocycles. The quantitative estimate of drug-likeness (QED) is 0.439. The van der Waals surface area contributed by atoms with Crippen molar-refractivity contribution in [2.45, 2.75) is 20.4 Å². The minimum absolute atomic E-state index is 0.149. The fraction of sp³-hybridized carbons (Fsp3) is 0.524. The molecule has 34 heavy (non-hydrogen) atoms. The van der Waals surface area contributed by atoms with Gasteiger partial charge in [-0.05, 0) is 32.0 Å². The maximum absolute atomic E-state index is 12.6. The summed E-state index contributed by atoms with van der Waals surface area (Å²) in [5.74, 6) is -3.10. The normalized spacial score (nSPS) is 14.9. The number of benzene rings is 1. The van der Waals surface area contributed by atoms with Crippen molar-refractivity contribution in [3.05, 3.63) is 23.0 Å². The first-order chi connectivity index (χ1) is 16.2. The number of carbonyl (C=O) groups is 3. The first-order valence-corrected chi connectivity index (χ1v) is 13.4. The van der Waals surface area contributed by atoms with Gasteiger partial charge >= 0.3 is 5.97 Å². The molecular formula is C21H27N3O8S2. The third kappa shape index (κ3) is 6.87. The zero-order chi connectivity index (χ0) is 24.7. The molecule has 0 spiro atoms. The van der Waals surface area contributed by atoms with Crippen molar-refractivity contribution in [1.29, 1.82) is 0 Å². The molecule has 2 heterocycles. The van der Waals surface area contributed by atoms with Crippen LogP contribution in [0.3, 0.4) is 0 Å². The van der Waals surface area contributed by atoms with Gasteiger partial charge in [0, 0.05) is 13.1 Å². The average molecular weight is 514 g/mol. The van der Waals surface area contributed by atoms with E-state index >= 15 is 0 Å². The number of amides is 2. The van der Waals surface area contributed by atoms with Crippen molar-refractivity contribution >= 4 is 49.2 Å². The maximum atomic E-state index is 12.6. The van der Waals surface area contributed by atoms with E-state index in [9.17, 15) is 22.8 Å². The molecule has 1 saturated heterocycles. The van der Waals surface area contributed by atoms with Crippen molar-refractivity contribution in [2.75, 3.05) is 51.0 Å². The predicted molar refractivity (Wildman–Crippen MR) is 124 cm³/mol. The largest absolute Gasteiger partial charge is 0.494 e. The number of thiazole rings is 1. The van der Waals surface area contributed by atoms with E-state index in [0.29, 0.717) is 48.9 Å². The number of hydrogen-bond donors (Lipinski definition) is 0. The van der Waals surface area contributed by atoms with Crippen LogP contribution in [0.25, 0.3) is 10.2 Å². The molecule has 0 radical (unpaired) electrons. The van der Waals surface area contributed by atoms with E-state index in [2.05, 4.69) is 4.99 Å². The zero-order valence-corrected chi connectivity index (χ0v) is 20.7. The molecule has 186 valence electrons. The molecule has 0 atom stereocenters. The summed E-state index contributed by atoms with van der Waals surface area (Å²) in [6.45, 7) is 5.31. The van der Waals surface area contributed by atoms with Gasteiger partial charge in [-0.25, -0.2) is 8.42 Å². The van der Waals surface area contributed by atoms with E-state index in [0.717, 1.165) is 11.3 Å². The van der Waals surface area contributed by atoms with Crippen LogP contribution in [-0.2, 0) is 40.2 Å². The van der Waals surface area contributed by atoms with Crippen LogP contribution in [0.2, 0.25) is 0 Å². The average Bonchev–Trinajstić information content (AvgIpc) is 3.09. The number of esters is 1. The van der Waals surface area contributed by atoms with E-state index in [1.54, 1.807) is 25.1 Å². The molecule has 0 bridgehead atoms. The second kappa shape index (κ2) is 11.6. The van der Waals surface area contributed by atoms with Gasteiger partial charge in [0.15, 0.2) is 14.6 Å². The summed E-state index contributed by atoms with van der Waals surface area (Å²) in [6, 6.07) is 5.22. The van der Waals surface area contributed by atoms with Crippen LogP contribution in [0.4, 0.5) is 0 Å². The van der Waals surface area contributed by atoms with Crippen LogP contribution in [0.1, 0.15) is 13.8 Å². The van der Waals surface area contributed by atoms with Gasteiger partial charge < -0.3 is 23.7 Å². The number of aromatic nitrogens is 1. The molecule has 13 heteroatoms. The van der Waals surface area contributed by atoms with Crippen molar-refractivity contribution in [2.24, 2.45) is 4.99 Å². The zero-order valence-electron chi connectivity index (χ0n) is 19.0. The van der Waals surface area contributed by atoms with Gasteiger partial charge in [0.1, 0.15) is 23.8 Å². The van der Waals surface area contributed by atoms with E-state index in [1.807, 2.05) is 6.92 Å². The Morgan fingerprint density at radius 2 is 1.85 bits per heavy atom. The Morgan fingerprint density at radius 1 is 1.12 bits per heavy atom. The monoisotopic (exact) mass is 513 g/mol. The van der Waals surface area contributed by atoms with Gasteiger partial charge in [-0.15, -0.1) is 0 Å². The predicted octanol–water partition coefficient (Wildman–Crippen LogP) is 0.366. The molecule has 3 rings (SSSR count). The van der Waals surface area contributed by atoms with Gasteiger partial charge in [0.25, 0.3) is 5.91 Å². The first-order valence-electron chi connectivity index (χ1n) is 10.8. The summed E-state index contributed by atoms with van der Waals surface area (Å²) < 4.78 is 42.8. The maximum Gasteiger partial charge on any atom is 0.326 e. The highest BCUT2D eigenvalue weighted by molar-refractivity contribution is 7.92. The SMILES string of the molecule is CCOC(=O)Cn1c(=NC(=O)CS(=O)(=O)CC(=O)N2CCOCC2)sc2cc(OCC)ccc21. The minimum atomic E-state index is -4.03. The summed E-state index contributed by atoms with van der Waals surface area (Å²) in [4.78, 5) is 42.5. The van der Waals surface area contributed by atoms with Crippen LogP contribution in [-0.4, -0.2) is 86.7 Å². The summed E-state index contributed by atoms with van der Waals surface area (Å²) >= 11 is 1.12. The molecule has 1 fully saturated rings. The van der Waals surface area contributed by atoms with Gasteiger partial charge in [0.2, 0.25) is 5.91 Å². The number of fused-ring (bicyclic) bond motifs is 1. The molecular weight excluding hydrogens is 486 g/mol. The Bertz CT molecular complexity index is 1230. The Labute approximate surface area is 200 Å². The summed E-state index contributed by atoms with van der Waals surface area (Å²) in [7, 11) is -4.03. The molecule has 11 nitrogen and oxygen atoms in total. The lowest BCUT2D eigenvalue weighted by Gasteiger charge is -2.26. The second-order valence-electron chi connectivity index (χ2n) is 7.37. The highest BCUT2D eigenvalue weighted by atomic mass is 32.2. The van der Waals surface area contributed by atoms with E-state index in [1.165, 1.54) is 9.47 Å². The summed E-state index contributed by atoms with van der Waals surface area (Å²) in [6.07, 6.45) is 0. The fourth-order valence-corrected chi connectivity index (χ4v) is 5.53. The third-order valence-electron chi connectivity index (χ3n) is 4.83. The number of sulfone groups is 1. The molecule has 1 aliphatic rings. The Hall–Kier alpha value is -2.77. The summed E-state index contributed by atoms with van der Waals surface area (Å²) in [5.41, 5.74) is 0.624. The van der Waals surface area contributed by atoms with Crippen LogP contribution >= 0.6 is 11.3 Å². The standard InChI is InChI=1S/C21H27N3O8S2/c1-3-31-15-5-6-16-17(11-15)33-21(24(16)12-20(27)32-4-2)22-18(25)13-34(28,29)14-19(26)23-7-9-30-10-8-23/h5-6,11H,3-4,7-10,12-14H2,1-2H3. The minimum Gasteiger partial charge on any atom is -0.494 e. The number of ether oxygens (including phenoxy) is 3. The van der Waals surface area contributed by atoms with E-state index in [-0.39, 0.29) is 18.0 Å². The van der Waals surface area contributed by atoms with Gasteiger partial charge in [0.05, 0.1) is 36.6 Å². The number of rotatable bonds is 9. The third-order valence-corrected chi connectivity index (χ3v) is 7.24. The lowest BCUT2D eigenvalue weighted by atomic mass is 10.3. The smallest absolute Gasteiger partial charge is 0.326 e. The molecule has 0 unspecified atom stereocenters. The highest BCUT2D eigenvalue weighted by Crippen LogP contribution is 2.23. The van der Waals surface area contributed by atoms with E-state index < -0.39 is 39.1 Å². The van der Waals surface area contributed by atoms with Crippen molar-refractivity contribution < 1.29 is 37.0 Å². The van der Waals surface area contributed by atoms with Crippen molar-refractivity contribution in [1.82, 2.24) is 9.47 Å². The Morgan fingerprint density at radius 3 is 2.53 bits per heavy atom. The molecule has 0 saturated carbocycles. The van der Waals surface area contributed by atoms with Crippen LogP contribution in [0.5, 0.6) is 5.75 Å². The number of carbonyl (C=O) groups excluding carboxylic acids is 3. The topological polar surface area (TPSA) is 134 Å². The molecule has 0 N–H and O–H groups in total. The van der Waals surface area contributed by atoms with E-state index in [4.69, 9.17) is 14.2 Å². The number of hydrogen-bond acceptors (Lipinski definition) is 9. The number of morpholine rings is 1. The van der Waals surface area contributed by atoms with Crippen molar-refractivity contribution in [3.63, 3.8) is 0 Å². The highest BCUT2D eigenvalue weighted by Gasteiger charge is 2.25. The van der Waals surface area contributed by atoms with Gasteiger partial charge in [-0.2, -0.15) is 4.99 Å².